The Morgan fingerprint density at radius 3 is 2.50 bits per heavy atom. The number of hydrogen-bond acceptors (Lipinski definition) is 2. The van der Waals surface area contributed by atoms with Gasteiger partial charge < -0.3 is 5.11 Å². The molecule has 86 valence electrons. The van der Waals surface area contributed by atoms with E-state index in [-0.39, 0.29) is 5.75 Å². The normalized spacial score (nSPS) is 10.7. The van der Waals surface area contributed by atoms with Gasteiger partial charge in [0, 0.05) is 10.7 Å². The summed E-state index contributed by atoms with van der Waals surface area (Å²) in [6, 6.07) is 19.7. The second kappa shape index (κ2) is 4.62. The molecule has 0 atom stereocenters. The molecule has 3 aromatic rings. The third kappa shape index (κ3) is 2.13. The first-order valence-corrected chi connectivity index (χ1v) is 6.74. The minimum absolute atomic E-state index is 0.243. The van der Waals surface area contributed by atoms with Gasteiger partial charge in [-0.2, -0.15) is 0 Å². The van der Waals surface area contributed by atoms with Crippen molar-refractivity contribution in [2.45, 2.75) is 0 Å². The van der Waals surface area contributed by atoms with Crippen molar-refractivity contribution in [3.63, 3.8) is 0 Å². The number of phenolic OH excluding ortho intramolecular Hbond substituents is 1. The standard InChI is InChI=1S/C15H11NOSi/c17-13-8-4-5-11-9-10-14(16-15(11)13)18-12-6-2-1-3-7-12/h1-10,17H. The first kappa shape index (κ1) is 11.0. The SMILES string of the molecule is Oc1cccc2ccc([Si]c3ccccc3)nc12. The average molecular weight is 249 g/mol. The highest BCUT2D eigenvalue weighted by Gasteiger charge is 2.04. The van der Waals surface area contributed by atoms with Crippen LogP contribution in [0.3, 0.4) is 0 Å². The number of pyridine rings is 1. The van der Waals surface area contributed by atoms with E-state index >= 15 is 0 Å². The summed E-state index contributed by atoms with van der Waals surface area (Å²) in [4.78, 5) is 4.53. The van der Waals surface area contributed by atoms with Gasteiger partial charge in [-0.05, 0) is 12.1 Å². The molecule has 0 bridgehead atoms. The number of nitrogens with zero attached hydrogens (tertiary/aromatic N) is 1. The highest BCUT2D eigenvalue weighted by atomic mass is 28.2. The molecule has 1 heterocycles. The van der Waals surface area contributed by atoms with Gasteiger partial charge in [0.05, 0.1) is 0 Å². The largest absolute Gasteiger partial charge is 0.506 e. The maximum Gasteiger partial charge on any atom is 0.147 e. The van der Waals surface area contributed by atoms with Gasteiger partial charge in [0.25, 0.3) is 0 Å². The molecule has 18 heavy (non-hydrogen) atoms. The topological polar surface area (TPSA) is 33.1 Å². The molecule has 0 spiro atoms. The molecule has 0 saturated heterocycles. The van der Waals surface area contributed by atoms with Crippen LogP contribution >= 0.6 is 0 Å². The maximum absolute atomic E-state index is 9.80. The lowest BCUT2D eigenvalue weighted by Gasteiger charge is -2.03. The highest BCUT2D eigenvalue weighted by Crippen LogP contribution is 2.20. The molecule has 1 aromatic heterocycles. The summed E-state index contributed by atoms with van der Waals surface area (Å²) in [6.45, 7) is 0. The molecule has 0 unspecified atom stereocenters. The Labute approximate surface area is 108 Å². The zero-order chi connectivity index (χ0) is 12.4. The van der Waals surface area contributed by atoms with Gasteiger partial charge in [0.1, 0.15) is 20.8 Å². The van der Waals surface area contributed by atoms with Crippen LogP contribution in [0.2, 0.25) is 0 Å². The average Bonchev–Trinajstić information content (AvgIpc) is 2.41. The third-order valence-electron chi connectivity index (χ3n) is 2.75. The van der Waals surface area contributed by atoms with E-state index in [0.717, 1.165) is 10.7 Å². The first-order chi connectivity index (χ1) is 8.83. The van der Waals surface area contributed by atoms with Crippen LogP contribution in [0.4, 0.5) is 0 Å². The maximum atomic E-state index is 9.80. The molecule has 0 aliphatic carbocycles. The fraction of sp³-hybridized carbons (Fsp3) is 0. The monoisotopic (exact) mass is 249 g/mol. The van der Waals surface area contributed by atoms with Gasteiger partial charge in [-0.1, -0.05) is 53.7 Å². The van der Waals surface area contributed by atoms with Gasteiger partial charge in [-0.25, -0.2) is 0 Å². The van der Waals surface area contributed by atoms with Crippen LogP contribution in [-0.2, 0) is 0 Å². The summed E-state index contributed by atoms with van der Waals surface area (Å²) in [5, 5.41) is 13.0. The molecule has 2 aromatic carbocycles. The van der Waals surface area contributed by atoms with Crippen molar-refractivity contribution in [1.29, 1.82) is 0 Å². The molecule has 3 rings (SSSR count). The Morgan fingerprint density at radius 1 is 0.833 bits per heavy atom. The molecular formula is C15H11NOSi. The van der Waals surface area contributed by atoms with Crippen LogP contribution in [-0.4, -0.2) is 19.6 Å². The van der Waals surface area contributed by atoms with Gasteiger partial charge in [0.2, 0.25) is 0 Å². The van der Waals surface area contributed by atoms with E-state index in [1.165, 1.54) is 5.19 Å². The Hall–Kier alpha value is -2.13. The van der Waals surface area contributed by atoms with Crippen LogP contribution < -0.4 is 10.5 Å². The van der Waals surface area contributed by atoms with Crippen molar-refractivity contribution in [2.24, 2.45) is 0 Å². The third-order valence-corrected chi connectivity index (χ3v) is 3.90. The van der Waals surface area contributed by atoms with Crippen LogP contribution in [0.25, 0.3) is 10.9 Å². The van der Waals surface area contributed by atoms with Crippen molar-refractivity contribution in [1.82, 2.24) is 4.98 Å². The van der Waals surface area contributed by atoms with Crippen molar-refractivity contribution < 1.29 is 5.11 Å². The minimum atomic E-state index is 0.243. The molecule has 2 radical (unpaired) electrons. The van der Waals surface area contributed by atoms with Crippen molar-refractivity contribution >= 4 is 30.9 Å². The number of aromatic hydroxyl groups is 1. The molecule has 2 nitrogen and oxygen atoms in total. The number of para-hydroxylation sites is 1. The zero-order valence-corrected chi connectivity index (χ0v) is 10.7. The molecule has 3 heteroatoms. The molecule has 0 saturated carbocycles. The van der Waals surface area contributed by atoms with Gasteiger partial charge in [-0.15, -0.1) is 0 Å². The van der Waals surface area contributed by atoms with Crippen LogP contribution in [0.1, 0.15) is 0 Å². The molecule has 0 aliphatic heterocycles. The quantitative estimate of drug-likeness (QED) is 0.700. The van der Waals surface area contributed by atoms with E-state index in [9.17, 15) is 5.11 Å². The number of phenols is 1. The fourth-order valence-corrected chi connectivity index (χ4v) is 2.86. The Bertz CT molecular complexity index is 682. The van der Waals surface area contributed by atoms with Crippen LogP contribution in [0, 0.1) is 0 Å². The number of rotatable bonds is 2. The summed E-state index contributed by atoms with van der Waals surface area (Å²) in [5.41, 5.74) is 0.679. The summed E-state index contributed by atoms with van der Waals surface area (Å²) in [7, 11) is 0.514. The molecule has 0 amide bonds. The summed E-state index contributed by atoms with van der Waals surface area (Å²) in [6.07, 6.45) is 0. The lowest BCUT2D eigenvalue weighted by atomic mass is 10.2. The Kier molecular flexibility index (Phi) is 2.82. The lowest BCUT2D eigenvalue weighted by molar-refractivity contribution is 0.480. The van der Waals surface area contributed by atoms with Gasteiger partial charge in [-0.3, -0.25) is 4.98 Å². The molecule has 0 fully saturated rings. The summed E-state index contributed by atoms with van der Waals surface area (Å²) >= 11 is 0. The zero-order valence-electron chi connectivity index (χ0n) is 9.67. The summed E-state index contributed by atoms with van der Waals surface area (Å²) < 4.78 is 0. The molecule has 1 N–H and O–H groups in total. The van der Waals surface area contributed by atoms with E-state index in [2.05, 4.69) is 17.1 Å². The lowest BCUT2D eigenvalue weighted by Crippen LogP contribution is -2.29. The Morgan fingerprint density at radius 2 is 1.67 bits per heavy atom. The number of fused-ring (bicyclic) bond motifs is 1. The second-order valence-electron chi connectivity index (χ2n) is 4.04. The van der Waals surface area contributed by atoms with Crippen molar-refractivity contribution in [3.05, 3.63) is 60.7 Å². The predicted molar refractivity (Wildman–Crippen MR) is 74.9 cm³/mol. The molecular weight excluding hydrogens is 238 g/mol. The highest BCUT2D eigenvalue weighted by molar-refractivity contribution is 6.66. The predicted octanol–water partition coefficient (Wildman–Crippen LogP) is 1.60. The minimum Gasteiger partial charge on any atom is -0.506 e. The van der Waals surface area contributed by atoms with Crippen molar-refractivity contribution in [2.75, 3.05) is 0 Å². The van der Waals surface area contributed by atoms with Gasteiger partial charge in [0.15, 0.2) is 0 Å². The fourth-order valence-electron chi connectivity index (χ4n) is 1.87. The van der Waals surface area contributed by atoms with E-state index in [1.807, 2.05) is 42.5 Å². The first-order valence-electron chi connectivity index (χ1n) is 5.74. The number of aromatic nitrogens is 1. The van der Waals surface area contributed by atoms with Crippen molar-refractivity contribution in [3.8, 4) is 5.75 Å². The van der Waals surface area contributed by atoms with E-state index < -0.39 is 0 Å². The van der Waals surface area contributed by atoms with Crippen LogP contribution in [0.15, 0.2) is 60.7 Å². The van der Waals surface area contributed by atoms with Gasteiger partial charge >= 0.3 is 0 Å². The Balaban J connectivity index is 2.01. The number of benzene rings is 2. The van der Waals surface area contributed by atoms with E-state index in [1.54, 1.807) is 6.07 Å². The summed E-state index contributed by atoms with van der Waals surface area (Å²) in [5.74, 6) is 0.243. The smallest absolute Gasteiger partial charge is 0.147 e. The second-order valence-corrected chi connectivity index (χ2v) is 5.38. The number of hydrogen-bond donors (Lipinski definition) is 1. The molecule has 0 aliphatic rings. The van der Waals surface area contributed by atoms with Crippen LogP contribution in [0.5, 0.6) is 5.75 Å². The van der Waals surface area contributed by atoms with E-state index in [4.69, 9.17) is 0 Å². The van der Waals surface area contributed by atoms with E-state index in [0.29, 0.717) is 15.0 Å².